The Morgan fingerprint density at radius 1 is 1.14 bits per heavy atom. The van der Waals surface area contributed by atoms with Gasteiger partial charge in [-0.1, -0.05) is 30.3 Å². The smallest absolute Gasteiger partial charge is 0.319 e. The van der Waals surface area contributed by atoms with E-state index in [9.17, 15) is 14.3 Å². The van der Waals surface area contributed by atoms with Crippen LogP contribution in [-0.4, -0.2) is 17.2 Å². The number of hydrogen-bond donors (Lipinski definition) is 3. The number of nitrogens with one attached hydrogen (secondary N) is 2. The minimum atomic E-state index is -0.637. The van der Waals surface area contributed by atoms with Crippen molar-refractivity contribution < 1.29 is 14.3 Å². The standard InChI is InChI=1S/C17H19FN2O2/c1-12(11-16(21)13-5-3-2-4-6-13)19-17(22)20-15-9-7-14(18)8-10-15/h2-10,12,16,21H,11H2,1H3,(H2,19,20,22). The summed E-state index contributed by atoms with van der Waals surface area (Å²) < 4.78 is 12.8. The molecule has 0 aliphatic carbocycles. The van der Waals surface area contributed by atoms with Gasteiger partial charge in [0.1, 0.15) is 5.82 Å². The third kappa shape index (κ3) is 4.86. The topological polar surface area (TPSA) is 61.4 Å². The Hall–Kier alpha value is -2.40. The van der Waals surface area contributed by atoms with E-state index in [0.29, 0.717) is 12.1 Å². The molecule has 2 rings (SSSR count). The third-order valence-electron chi connectivity index (χ3n) is 3.24. The van der Waals surface area contributed by atoms with Crippen LogP contribution < -0.4 is 10.6 Å². The van der Waals surface area contributed by atoms with E-state index in [0.717, 1.165) is 5.56 Å². The second-order valence-electron chi connectivity index (χ2n) is 5.17. The van der Waals surface area contributed by atoms with Gasteiger partial charge in [0, 0.05) is 11.7 Å². The molecule has 0 saturated carbocycles. The summed E-state index contributed by atoms with van der Waals surface area (Å²) in [5, 5.41) is 15.5. The minimum absolute atomic E-state index is 0.212. The van der Waals surface area contributed by atoms with Crippen LogP contribution in [0.5, 0.6) is 0 Å². The minimum Gasteiger partial charge on any atom is -0.388 e. The van der Waals surface area contributed by atoms with E-state index in [1.807, 2.05) is 37.3 Å². The zero-order valence-electron chi connectivity index (χ0n) is 12.3. The first-order valence-corrected chi connectivity index (χ1v) is 7.10. The maximum Gasteiger partial charge on any atom is 0.319 e. The highest BCUT2D eigenvalue weighted by atomic mass is 19.1. The number of aliphatic hydroxyl groups is 1. The van der Waals surface area contributed by atoms with Gasteiger partial charge in [0.2, 0.25) is 0 Å². The molecular formula is C17H19FN2O2. The fourth-order valence-corrected chi connectivity index (χ4v) is 2.13. The van der Waals surface area contributed by atoms with Crippen molar-refractivity contribution in [3.05, 3.63) is 66.0 Å². The molecule has 3 N–H and O–H groups in total. The fourth-order valence-electron chi connectivity index (χ4n) is 2.13. The first-order chi connectivity index (χ1) is 10.5. The summed E-state index contributed by atoms with van der Waals surface area (Å²) in [4.78, 5) is 11.8. The monoisotopic (exact) mass is 302 g/mol. The summed E-state index contributed by atoms with van der Waals surface area (Å²) in [6.07, 6.45) is -0.233. The van der Waals surface area contributed by atoms with Crippen LogP contribution in [0.1, 0.15) is 25.0 Å². The average molecular weight is 302 g/mol. The van der Waals surface area contributed by atoms with Crippen LogP contribution in [-0.2, 0) is 0 Å². The molecule has 4 nitrogen and oxygen atoms in total. The molecule has 0 spiro atoms. The van der Waals surface area contributed by atoms with Gasteiger partial charge in [-0.3, -0.25) is 0 Å². The quantitative estimate of drug-likeness (QED) is 0.792. The van der Waals surface area contributed by atoms with E-state index in [-0.39, 0.29) is 17.9 Å². The second kappa shape index (κ2) is 7.56. The highest BCUT2D eigenvalue weighted by molar-refractivity contribution is 5.89. The van der Waals surface area contributed by atoms with E-state index in [1.54, 1.807) is 0 Å². The van der Waals surface area contributed by atoms with Crippen molar-refractivity contribution in [1.29, 1.82) is 0 Å². The molecule has 116 valence electrons. The molecule has 0 fully saturated rings. The molecule has 0 radical (unpaired) electrons. The second-order valence-corrected chi connectivity index (χ2v) is 5.17. The lowest BCUT2D eigenvalue weighted by Gasteiger charge is -2.18. The fraction of sp³-hybridized carbons (Fsp3) is 0.235. The van der Waals surface area contributed by atoms with Gasteiger partial charge in [-0.25, -0.2) is 9.18 Å². The number of hydrogen-bond acceptors (Lipinski definition) is 2. The number of amides is 2. The van der Waals surface area contributed by atoms with Crippen LogP contribution in [0.2, 0.25) is 0 Å². The number of carbonyl (C=O) groups is 1. The molecule has 2 aromatic rings. The largest absolute Gasteiger partial charge is 0.388 e. The summed E-state index contributed by atoms with van der Waals surface area (Å²) >= 11 is 0. The number of aliphatic hydroxyl groups excluding tert-OH is 1. The lowest BCUT2D eigenvalue weighted by atomic mass is 10.0. The predicted molar refractivity (Wildman–Crippen MR) is 84.0 cm³/mol. The van der Waals surface area contributed by atoms with Gasteiger partial charge in [0.05, 0.1) is 6.10 Å². The van der Waals surface area contributed by atoms with E-state index < -0.39 is 6.10 Å². The van der Waals surface area contributed by atoms with Gasteiger partial charge in [0.15, 0.2) is 0 Å². The number of carbonyl (C=O) groups excluding carboxylic acids is 1. The van der Waals surface area contributed by atoms with Gasteiger partial charge >= 0.3 is 6.03 Å². The molecule has 2 amide bonds. The van der Waals surface area contributed by atoms with Crippen LogP contribution in [0.4, 0.5) is 14.9 Å². The van der Waals surface area contributed by atoms with Gasteiger partial charge in [-0.05, 0) is 43.2 Å². The summed E-state index contributed by atoms with van der Waals surface area (Å²) in [6, 6.07) is 14.2. The van der Waals surface area contributed by atoms with Crippen LogP contribution in [0.15, 0.2) is 54.6 Å². The molecule has 2 aromatic carbocycles. The van der Waals surface area contributed by atoms with E-state index >= 15 is 0 Å². The summed E-state index contributed by atoms with van der Waals surface area (Å²) in [7, 11) is 0. The first kappa shape index (κ1) is 16.0. The molecule has 5 heteroatoms. The molecule has 0 heterocycles. The molecule has 0 aliphatic rings. The normalized spacial score (nSPS) is 13.2. The first-order valence-electron chi connectivity index (χ1n) is 7.10. The van der Waals surface area contributed by atoms with Gasteiger partial charge in [-0.2, -0.15) is 0 Å². The number of benzene rings is 2. The Kier molecular flexibility index (Phi) is 5.49. The molecule has 0 saturated heterocycles. The molecule has 0 bridgehead atoms. The van der Waals surface area contributed by atoms with Crippen LogP contribution in [0, 0.1) is 5.82 Å². The Morgan fingerprint density at radius 3 is 2.41 bits per heavy atom. The van der Waals surface area contributed by atoms with Crippen molar-refractivity contribution in [2.75, 3.05) is 5.32 Å². The Labute approximate surface area is 129 Å². The third-order valence-corrected chi connectivity index (χ3v) is 3.24. The molecule has 2 unspecified atom stereocenters. The zero-order valence-corrected chi connectivity index (χ0v) is 12.3. The number of anilines is 1. The Balaban J connectivity index is 1.82. The van der Waals surface area contributed by atoms with Crippen molar-refractivity contribution in [3.63, 3.8) is 0 Å². The van der Waals surface area contributed by atoms with E-state index in [4.69, 9.17) is 0 Å². The highest BCUT2D eigenvalue weighted by Gasteiger charge is 2.14. The summed E-state index contributed by atoms with van der Waals surface area (Å²) in [6.45, 7) is 1.82. The zero-order chi connectivity index (χ0) is 15.9. The van der Waals surface area contributed by atoms with Crippen LogP contribution in [0.3, 0.4) is 0 Å². The number of rotatable bonds is 5. The van der Waals surface area contributed by atoms with Gasteiger partial charge in [0.25, 0.3) is 0 Å². The molecule has 0 aliphatic heterocycles. The molecular weight excluding hydrogens is 283 g/mol. The van der Waals surface area contributed by atoms with Crippen LogP contribution in [0.25, 0.3) is 0 Å². The van der Waals surface area contributed by atoms with E-state index in [2.05, 4.69) is 10.6 Å². The summed E-state index contributed by atoms with van der Waals surface area (Å²) in [5.41, 5.74) is 1.32. The van der Waals surface area contributed by atoms with Crippen LogP contribution >= 0.6 is 0 Å². The summed E-state index contributed by atoms with van der Waals surface area (Å²) in [5.74, 6) is -0.356. The van der Waals surface area contributed by atoms with Crippen molar-refractivity contribution in [1.82, 2.24) is 5.32 Å². The average Bonchev–Trinajstić information content (AvgIpc) is 2.50. The number of halogens is 1. The highest BCUT2D eigenvalue weighted by Crippen LogP contribution is 2.17. The molecule has 22 heavy (non-hydrogen) atoms. The van der Waals surface area contributed by atoms with Crippen molar-refractivity contribution in [2.45, 2.75) is 25.5 Å². The van der Waals surface area contributed by atoms with Crippen molar-refractivity contribution in [2.24, 2.45) is 0 Å². The molecule has 0 aromatic heterocycles. The van der Waals surface area contributed by atoms with Crippen molar-refractivity contribution >= 4 is 11.7 Å². The lowest BCUT2D eigenvalue weighted by Crippen LogP contribution is -2.37. The predicted octanol–water partition coefficient (Wildman–Crippen LogP) is 3.46. The lowest BCUT2D eigenvalue weighted by molar-refractivity contribution is 0.155. The SMILES string of the molecule is CC(CC(O)c1ccccc1)NC(=O)Nc1ccc(F)cc1. The van der Waals surface area contributed by atoms with E-state index in [1.165, 1.54) is 24.3 Å². The Bertz CT molecular complexity index is 602. The maximum absolute atomic E-state index is 12.8. The Morgan fingerprint density at radius 2 is 1.77 bits per heavy atom. The van der Waals surface area contributed by atoms with Crippen molar-refractivity contribution in [3.8, 4) is 0 Å². The van der Waals surface area contributed by atoms with Gasteiger partial charge < -0.3 is 15.7 Å². The maximum atomic E-state index is 12.8. The molecule has 2 atom stereocenters. The van der Waals surface area contributed by atoms with Gasteiger partial charge in [-0.15, -0.1) is 0 Å². The number of urea groups is 1.